The van der Waals surface area contributed by atoms with Crippen molar-refractivity contribution in [3.63, 3.8) is 0 Å². The quantitative estimate of drug-likeness (QED) is 0.794. The first-order valence-corrected chi connectivity index (χ1v) is 6.94. The Labute approximate surface area is 109 Å². The fraction of sp³-hybridized carbons (Fsp3) is 0.562. The van der Waals surface area contributed by atoms with Gasteiger partial charge < -0.3 is 4.90 Å². The van der Waals surface area contributed by atoms with Crippen LogP contribution in [0.2, 0.25) is 0 Å². The molecule has 1 saturated heterocycles. The summed E-state index contributed by atoms with van der Waals surface area (Å²) >= 11 is 0. The molecule has 0 atom stereocenters. The molecule has 2 nitrogen and oxygen atoms in total. The molecule has 0 radical (unpaired) electrons. The van der Waals surface area contributed by atoms with Crippen LogP contribution in [0, 0.1) is 11.3 Å². The van der Waals surface area contributed by atoms with Crippen LogP contribution in [0.4, 0.5) is 0 Å². The number of hydrogen-bond acceptors (Lipinski definition) is 2. The normalized spacial score (nSPS) is 23.6. The summed E-state index contributed by atoms with van der Waals surface area (Å²) in [5, 5.41) is 9.20. The van der Waals surface area contributed by atoms with Gasteiger partial charge in [-0.05, 0) is 62.9 Å². The highest BCUT2D eigenvalue weighted by atomic mass is 15.1. The van der Waals surface area contributed by atoms with Gasteiger partial charge >= 0.3 is 0 Å². The Hall–Kier alpha value is -1.33. The van der Waals surface area contributed by atoms with Crippen molar-refractivity contribution in [2.24, 2.45) is 0 Å². The van der Waals surface area contributed by atoms with Gasteiger partial charge in [-0.25, -0.2) is 0 Å². The fourth-order valence-electron chi connectivity index (χ4n) is 3.01. The first-order chi connectivity index (χ1) is 8.73. The fourth-order valence-corrected chi connectivity index (χ4v) is 3.01. The number of nitrogens with zero attached hydrogens (tertiary/aromatic N) is 2. The van der Waals surface area contributed by atoms with Gasteiger partial charge in [0.25, 0.3) is 0 Å². The third-order valence-electron chi connectivity index (χ3n) is 4.62. The lowest BCUT2D eigenvalue weighted by atomic mass is 9.87. The Morgan fingerprint density at radius 1 is 1.17 bits per heavy atom. The highest BCUT2D eigenvalue weighted by Crippen LogP contribution is 2.47. The van der Waals surface area contributed by atoms with E-state index in [9.17, 15) is 5.26 Å². The Kier molecular flexibility index (Phi) is 2.87. The lowest BCUT2D eigenvalue weighted by Gasteiger charge is -2.29. The van der Waals surface area contributed by atoms with Crippen LogP contribution in [0.15, 0.2) is 24.3 Å². The van der Waals surface area contributed by atoms with Crippen molar-refractivity contribution in [2.75, 3.05) is 20.1 Å². The van der Waals surface area contributed by atoms with Crippen LogP contribution in [-0.4, -0.2) is 25.0 Å². The van der Waals surface area contributed by atoms with E-state index >= 15 is 0 Å². The minimum atomic E-state index is -0.134. The van der Waals surface area contributed by atoms with Crippen LogP contribution in [0.1, 0.15) is 42.7 Å². The van der Waals surface area contributed by atoms with Gasteiger partial charge in [-0.3, -0.25) is 0 Å². The molecule has 1 aromatic rings. The molecule has 94 valence electrons. The number of rotatable bonds is 2. The van der Waals surface area contributed by atoms with E-state index in [-0.39, 0.29) is 5.41 Å². The van der Waals surface area contributed by atoms with E-state index in [1.165, 1.54) is 37.1 Å². The molecule has 1 aliphatic carbocycles. The monoisotopic (exact) mass is 240 g/mol. The molecule has 1 saturated carbocycles. The maximum atomic E-state index is 9.20. The molecule has 18 heavy (non-hydrogen) atoms. The Morgan fingerprint density at radius 2 is 1.78 bits per heavy atom. The van der Waals surface area contributed by atoms with E-state index in [2.05, 4.69) is 42.3 Å². The highest BCUT2D eigenvalue weighted by Gasteiger charge is 2.44. The maximum absolute atomic E-state index is 9.20. The first-order valence-electron chi connectivity index (χ1n) is 6.94. The third-order valence-corrected chi connectivity index (χ3v) is 4.62. The topological polar surface area (TPSA) is 27.0 Å². The predicted molar refractivity (Wildman–Crippen MR) is 72.4 cm³/mol. The molecule has 0 bridgehead atoms. The molecule has 0 unspecified atom stereocenters. The van der Waals surface area contributed by atoms with Gasteiger partial charge in [-0.2, -0.15) is 5.26 Å². The summed E-state index contributed by atoms with van der Waals surface area (Å²) in [6.07, 6.45) is 4.60. The summed E-state index contributed by atoms with van der Waals surface area (Å²) in [5.41, 5.74) is 2.55. The van der Waals surface area contributed by atoms with Crippen LogP contribution in [-0.2, 0) is 5.41 Å². The van der Waals surface area contributed by atoms with Crippen LogP contribution in [0.25, 0.3) is 0 Å². The van der Waals surface area contributed by atoms with Crippen molar-refractivity contribution in [1.82, 2.24) is 4.90 Å². The minimum absolute atomic E-state index is 0.134. The molecule has 3 rings (SSSR count). The van der Waals surface area contributed by atoms with Gasteiger partial charge in [0.15, 0.2) is 0 Å². The van der Waals surface area contributed by atoms with Crippen molar-refractivity contribution in [3.8, 4) is 6.07 Å². The standard InChI is InChI=1S/C16H20N2/c1-18-10-6-14(7-11-18)13-2-4-15(5-3-13)16(12-17)8-9-16/h2-5,14H,6-11H2,1H3. The smallest absolute Gasteiger partial charge is 0.0823 e. The van der Waals surface area contributed by atoms with Gasteiger partial charge in [0, 0.05) is 0 Å². The molecule has 0 aromatic heterocycles. The molecule has 0 spiro atoms. The second kappa shape index (κ2) is 4.40. The predicted octanol–water partition coefficient (Wildman–Crippen LogP) is 3.05. The van der Waals surface area contributed by atoms with Gasteiger partial charge in [-0.1, -0.05) is 24.3 Å². The second-order valence-corrected chi connectivity index (χ2v) is 5.89. The van der Waals surface area contributed by atoms with Crippen molar-refractivity contribution in [2.45, 2.75) is 37.0 Å². The number of hydrogen-bond donors (Lipinski definition) is 0. The van der Waals surface area contributed by atoms with Gasteiger partial charge in [0.05, 0.1) is 11.5 Å². The van der Waals surface area contributed by atoms with Crippen LogP contribution >= 0.6 is 0 Å². The van der Waals surface area contributed by atoms with E-state index in [1.807, 2.05) is 0 Å². The van der Waals surface area contributed by atoms with Gasteiger partial charge in [0.1, 0.15) is 0 Å². The SMILES string of the molecule is CN1CCC(c2ccc(C3(C#N)CC3)cc2)CC1. The Balaban J connectivity index is 1.74. The molecule has 2 aliphatic rings. The number of likely N-dealkylation sites (tertiary alicyclic amines) is 1. The zero-order valence-corrected chi connectivity index (χ0v) is 11.0. The molecule has 1 heterocycles. The largest absolute Gasteiger partial charge is 0.306 e. The van der Waals surface area contributed by atoms with E-state index in [4.69, 9.17) is 0 Å². The molecule has 0 N–H and O–H groups in total. The van der Waals surface area contributed by atoms with E-state index < -0.39 is 0 Å². The average molecular weight is 240 g/mol. The molecule has 1 aliphatic heterocycles. The van der Waals surface area contributed by atoms with Gasteiger partial charge in [0.2, 0.25) is 0 Å². The van der Waals surface area contributed by atoms with Gasteiger partial charge in [-0.15, -0.1) is 0 Å². The van der Waals surface area contributed by atoms with E-state index in [0.717, 1.165) is 12.8 Å². The number of nitriles is 1. The lowest BCUT2D eigenvalue weighted by Crippen LogP contribution is -2.29. The molecule has 2 fully saturated rings. The minimum Gasteiger partial charge on any atom is -0.306 e. The molecular weight excluding hydrogens is 220 g/mol. The van der Waals surface area contributed by atoms with Crippen molar-refractivity contribution >= 4 is 0 Å². The number of piperidine rings is 1. The van der Waals surface area contributed by atoms with Crippen molar-refractivity contribution in [1.29, 1.82) is 5.26 Å². The summed E-state index contributed by atoms with van der Waals surface area (Å²) in [6, 6.07) is 11.3. The molecular formula is C16H20N2. The van der Waals surface area contributed by atoms with Crippen molar-refractivity contribution in [3.05, 3.63) is 35.4 Å². The zero-order chi connectivity index (χ0) is 12.6. The second-order valence-electron chi connectivity index (χ2n) is 5.89. The summed E-state index contributed by atoms with van der Waals surface area (Å²) in [6.45, 7) is 2.41. The summed E-state index contributed by atoms with van der Waals surface area (Å²) in [5.74, 6) is 0.715. The summed E-state index contributed by atoms with van der Waals surface area (Å²) in [4.78, 5) is 2.40. The van der Waals surface area contributed by atoms with Crippen LogP contribution in [0.3, 0.4) is 0 Å². The van der Waals surface area contributed by atoms with Crippen molar-refractivity contribution < 1.29 is 0 Å². The highest BCUT2D eigenvalue weighted by molar-refractivity contribution is 5.40. The molecule has 0 amide bonds. The molecule has 1 aromatic carbocycles. The Bertz CT molecular complexity index is 457. The summed E-state index contributed by atoms with van der Waals surface area (Å²) in [7, 11) is 2.20. The third kappa shape index (κ3) is 2.04. The van der Waals surface area contributed by atoms with E-state index in [1.54, 1.807) is 0 Å². The maximum Gasteiger partial charge on any atom is 0.0823 e. The average Bonchev–Trinajstić information content (AvgIpc) is 3.21. The molecule has 2 heteroatoms. The number of benzene rings is 1. The summed E-state index contributed by atoms with van der Waals surface area (Å²) < 4.78 is 0. The Morgan fingerprint density at radius 3 is 2.28 bits per heavy atom. The van der Waals surface area contributed by atoms with Crippen LogP contribution in [0.5, 0.6) is 0 Å². The lowest BCUT2D eigenvalue weighted by molar-refractivity contribution is 0.255. The van der Waals surface area contributed by atoms with Crippen LogP contribution < -0.4 is 0 Å². The van der Waals surface area contributed by atoms with E-state index in [0.29, 0.717) is 5.92 Å². The first kappa shape index (κ1) is 11.7. The zero-order valence-electron chi connectivity index (χ0n) is 11.0.